The Morgan fingerprint density at radius 2 is 1.17 bits per heavy atom. The van der Waals surface area contributed by atoms with Gasteiger partial charge < -0.3 is 24.2 Å². The predicted molar refractivity (Wildman–Crippen MR) is 111 cm³/mol. The van der Waals surface area contributed by atoms with Gasteiger partial charge in [0, 0.05) is 0 Å². The van der Waals surface area contributed by atoms with Gasteiger partial charge in [-0.05, 0) is 56.2 Å². The van der Waals surface area contributed by atoms with Gasteiger partial charge in [-0.3, -0.25) is 0 Å². The summed E-state index contributed by atoms with van der Waals surface area (Å²) in [6.45, 7) is 4.97. The average molecular weight is 408 g/mol. The minimum Gasteiger partial charge on any atom is -0.507 e. The maximum Gasteiger partial charge on any atom is 0.343 e. The van der Waals surface area contributed by atoms with E-state index in [1.165, 1.54) is 6.92 Å². The Labute approximate surface area is 170 Å². The first kappa shape index (κ1) is 19.7. The van der Waals surface area contributed by atoms with Crippen molar-refractivity contribution in [1.29, 1.82) is 0 Å². The molecule has 0 fully saturated rings. The van der Waals surface area contributed by atoms with E-state index in [9.17, 15) is 24.9 Å². The molecule has 7 nitrogen and oxygen atoms in total. The van der Waals surface area contributed by atoms with Crippen molar-refractivity contribution in [2.45, 2.75) is 32.8 Å². The van der Waals surface area contributed by atoms with Crippen LogP contribution in [0.25, 0.3) is 21.9 Å². The number of aliphatic hydroxyl groups is 1. The molecule has 0 bridgehead atoms. The molecule has 0 aliphatic carbocycles. The summed E-state index contributed by atoms with van der Waals surface area (Å²) in [6.07, 6.45) is -1.32. The van der Waals surface area contributed by atoms with Crippen LogP contribution in [0.4, 0.5) is 0 Å². The van der Waals surface area contributed by atoms with Gasteiger partial charge in [0.1, 0.15) is 22.7 Å². The summed E-state index contributed by atoms with van der Waals surface area (Å²) in [5.41, 5.74) is -0.475. The van der Waals surface area contributed by atoms with Gasteiger partial charge >= 0.3 is 11.3 Å². The number of aromatic hydroxyl groups is 2. The van der Waals surface area contributed by atoms with Gasteiger partial charge in [-0.15, -0.1) is 0 Å². The van der Waals surface area contributed by atoms with Crippen LogP contribution in [0.3, 0.4) is 0 Å². The number of hydrogen-bond donors (Lipinski definition) is 3. The van der Waals surface area contributed by atoms with Gasteiger partial charge in [0.25, 0.3) is 0 Å². The van der Waals surface area contributed by atoms with Crippen LogP contribution in [0.5, 0.6) is 11.5 Å². The van der Waals surface area contributed by atoms with Gasteiger partial charge in [-0.25, -0.2) is 9.59 Å². The van der Waals surface area contributed by atoms with E-state index in [0.717, 1.165) is 11.1 Å². The van der Waals surface area contributed by atoms with E-state index >= 15 is 0 Å². The topological polar surface area (TPSA) is 121 Å². The lowest BCUT2D eigenvalue weighted by atomic mass is 9.86. The van der Waals surface area contributed by atoms with Crippen molar-refractivity contribution in [3.63, 3.8) is 0 Å². The summed E-state index contributed by atoms with van der Waals surface area (Å²) in [7, 11) is 0. The standard InChI is InChI=1S/C23H20O7/c1-10-4-6-13-15(8-10)29-22(27)18(20(13)25)17(12(3)24)19-21(26)14-7-5-11(2)9-16(14)30-23(19)28/h4-9,12,17,24-26H,1-3H3. The molecule has 0 aliphatic heterocycles. The summed E-state index contributed by atoms with van der Waals surface area (Å²) >= 11 is 0. The molecule has 2 heterocycles. The summed E-state index contributed by atoms with van der Waals surface area (Å²) < 4.78 is 10.7. The minimum atomic E-state index is -1.37. The molecule has 0 saturated heterocycles. The van der Waals surface area contributed by atoms with Crippen LogP contribution in [-0.2, 0) is 0 Å². The van der Waals surface area contributed by atoms with Crippen LogP contribution in [0.2, 0.25) is 0 Å². The fourth-order valence-corrected chi connectivity index (χ4v) is 3.79. The average Bonchev–Trinajstić information content (AvgIpc) is 2.65. The van der Waals surface area contributed by atoms with Crippen LogP contribution in [-0.4, -0.2) is 21.4 Å². The molecule has 2 aromatic carbocycles. The van der Waals surface area contributed by atoms with Crippen molar-refractivity contribution in [3.8, 4) is 11.5 Å². The smallest absolute Gasteiger partial charge is 0.343 e. The van der Waals surface area contributed by atoms with Gasteiger partial charge in [0.05, 0.1) is 33.9 Å². The van der Waals surface area contributed by atoms with Crippen molar-refractivity contribution < 1.29 is 24.2 Å². The molecule has 1 unspecified atom stereocenters. The van der Waals surface area contributed by atoms with E-state index in [-0.39, 0.29) is 33.1 Å². The lowest BCUT2D eigenvalue weighted by molar-refractivity contribution is 0.170. The first-order chi connectivity index (χ1) is 14.2. The SMILES string of the molecule is Cc1ccc2c(O)c(C(c3c(O)c4ccc(C)cc4oc3=O)C(C)O)c(=O)oc2c1. The van der Waals surface area contributed by atoms with Crippen LogP contribution >= 0.6 is 0 Å². The zero-order chi connectivity index (χ0) is 21.7. The Morgan fingerprint density at radius 3 is 1.53 bits per heavy atom. The number of aryl methyl sites for hydroxylation is 2. The molecule has 4 aromatic rings. The fraction of sp³-hybridized carbons (Fsp3) is 0.217. The highest BCUT2D eigenvalue weighted by atomic mass is 16.4. The maximum absolute atomic E-state index is 12.8. The van der Waals surface area contributed by atoms with E-state index in [1.807, 2.05) is 13.8 Å². The molecule has 0 amide bonds. The number of fused-ring (bicyclic) bond motifs is 2. The Balaban J connectivity index is 2.06. The van der Waals surface area contributed by atoms with E-state index in [1.54, 1.807) is 36.4 Å². The lowest BCUT2D eigenvalue weighted by Gasteiger charge is -2.21. The van der Waals surface area contributed by atoms with Crippen molar-refractivity contribution in [2.75, 3.05) is 0 Å². The van der Waals surface area contributed by atoms with E-state index in [4.69, 9.17) is 8.83 Å². The molecule has 3 N–H and O–H groups in total. The highest BCUT2D eigenvalue weighted by Gasteiger charge is 2.34. The Morgan fingerprint density at radius 1 is 0.767 bits per heavy atom. The molecule has 0 saturated carbocycles. The first-order valence-electron chi connectivity index (χ1n) is 9.39. The maximum atomic E-state index is 12.8. The number of hydrogen-bond acceptors (Lipinski definition) is 7. The first-order valence-corrected chi connectivity index (χ1v) is 9.39. The second-order valence-corrected chi connectivity index (χ2v) is 7.52. The fourth-order valence-electron chi connectivity index (χ4n) is 3.79. The van der Waals surface area contributed by atoms with Crippen molar-refractivity contribution >= 4 is 21.9 Å². The molecule has 30 heavy (non-hydrogen) atoms. The van der Waals surface area contributed by atoms with Crippen molar-refractivity contribution in [1.82, 2.24) is 0 Å². The van der Waals surface area contributed by atoms with E-state index < -0.39 is 34.8 Å². The number of rotatable bonds is 3. The predicted octanol–water partition coefficient (Wildman–Crippen LogP) is 3.44. The molecule has 0 aliphatic rings. The third-order valence-corrected chi connectivity index (χ3v) is 5.24. The Bertz CT molecular complexity index is 1300. The van der Waals surface area contributed by atoms with Gasteiger partial charge in [-0.2, -0.15) is 0 Å². The second-order valence-electron chi connectivity index (χ2n) is 7.52. The van der Waals surface area contributed by atoms with Crippen LogP contribution in [0.1, 0.15) is 35.1 Å². The molecular formula is C23H20O7. The van der Waals surface area contributed by atoms with E-state index in [2.05, 4.69) is 0 Å². The monoisotopic (exact) mass is 408 g/mol. The van der Waals surface area contributed by atoms with Gasteiger partial charge in [-0.1, -0.05) is 12.1 Å². The molecule has 7 heteroatoms. The van der Waals surface area contributed by atoms with Crippen molar-refractivity contribution in [2.24, 2.45) is 0 Å². The van der Waals surface area contributed by atoms with Crippen LogP contribution in [0, 0.1) is 13.8 Å². The summed E-state index contributed by atoms with van der Waals surface area (Å²) in [4.78, 5) is 25.5. The van der Waals surface area contributed by atoms with Gasteiger partial charge in [0.2, 0.25) is 0 Å². The zero-order valence-electron chi connectivity index (χ0n) is 16.6. The lowest BCUT2D eigenvalue weighted by Crippen LogP contribution is -2.27. The van der Waals surface area contributed by atoms with Crippen LogP contribution in [0.15, 0.2) is 54.8 Å². The molecule has 4 rings (SSSR count). The van der Waals surface area contributed by atoms with Gasteiger partial charge in [0.15, 0.2) is 0 Å². The minimum absolute atomic E-state index is 0.177. The summed E-state index contributed by atoms with van der Waals surface area (Å²) in [6, 6.07) is 9.82. The van der Waals surface area contributed by atoms with E-state index in [0.29, 0.717) is 0 Å². The summed E-state index contributed by atoms with van der Waals surface area (Å²) in [5.74, 6) is -2.21. The quantitative estimate of drug-likeness (QED) is 0.444. The molecule has 0 spiro atoms. The molecule has 154 valence electrons. The Hall–Kier alpha value is -3.58. The number of aliphatic hydroxyl groups excluding tert-OH is 1. The van der Waals surface area contributed by atoms with Crippen LogP contribution < -0.4 is 11.3 Å². The normalized spacial score (nSPS) is 12.7. The second kappa shape index (κ2) is 7.03. The number of benzene rings is 2. The molecular weight excluding hydrogens is 388 g/mol. The third-order valence-electron chi connectivity index (χ3n) is 5.24. The largest absolute Gasteiger partial charge is 0.507 e. The third kappa shape index (κ3) is 3.04. The molecule has 2 aromatic heterocycles. The Kier molecular flexibility index (Phi) is 4.63. The highest BCUT2D eigenvalue weighted by molar-refractivity contribution is 5.87. The summed E-state index contributed by atoms with van der Waals surface area (Å²) in [5, 5.41) is 32.7. The zero-order valence-corrected chi connectivity index (χ0v) is 16.6. The highest BCUT2D eigenvalue weighted by Crippen LogP contribution is 2.40. The van der Waals surface area contributed by atoms with Crippen molar-refractivity contribution in [3.05, 3.63) is 79.5 Å². The molecule has 0 radical (unpaired) electrons. The molecule has 1 atom stereocenters.